The number of hydrogen-bond acceptors (Lipinski definition) is 2. The van der Waals surface area contributed by atoms with E-state index >= 15 is 0 Å². The summed E-state index contributed by atoms with van der Waals surface area (Å²) in [7, 11) is 0. The highest BCUT2D eigenvalue weighted by atomic mass is 15.3. The number of nitrogens with two attached hydrogens (primary N) is 1. The molecule has 0 aromatic carbocycles. The molecule has 1 heterocycles. The molecule has 0 aromatic rings. The van der Waals surface area contributed by atoms with E-state index < -0.39 is 0 Å². The van der Waals surface area contributed by atoms with E-state index in [-0.39, 0.29) is 0 Å². The van der Waals surface area contributed by atoms with E-state index in [9.17, 15) is 0 Å². The molecular formula is C11H24N2. The zero-order valence-electron chi connectivity index (χ0n) is 9.56. The third-order valence-electron chi connectivity index (χ3n) is 3.24. The minimum atomic E-state index is 0.292. The van der Waals surface area contributed by atoms with Crippen LogP contribution in [0.4, 0.5) is 0 Å². The van der Waals surface area contributed by atoms with Crippen LogP contribution < -0.4 is 5.73 Å². The van der Waals surface area contributed by atoms with E-state index in [0.29, 0.717) is 11.1 Å². The maximum absolute atomic E-state index is 5.67. The average molecular weight is 184 g/mol. The predicted molar refractivity (Wildman–Crippen MR) is 57.8 cm³/mol. The third-order valence-corrected chi connectivity index (χ3v) is 3.24. The monoisotopic (exact) mass is 184 g/mol. The van der Waals surface area contributed by atoms with Crippen LogP contribution in [0, 0.1) is 0 Å². The second-order valence-electron chi connectivity index (χ2n) is 5.46. The molecule has 1 saturated heterocycles. The molecule has 1 rings (SSSR count). The summed E-state index contributed by atoms with van der Waals surface area (Å²) in [6, 6.07) is 0. The molecule has 2 heteroatoms. The Bertz CT molecular complexity index is 171. The number of nitrogens with zero attached hydrogens (tertiary/aromatic N) is 1. The predicted octanol–water partition coefficient (Wildman–Crippen LogP) is 1.99. The first kappa shape index (κ1) is 11.0. The summed E-state index contributed by atoms with van der Waals surface area (Å²) in [5, 5.41) is 0. The van der Waals surface area contributed by atoms with Crippen LogP contribution in [0.15, 0.2) is 0 Å². The van der Waals surface area contributed by atoms with Gasteiger partial charge in [-0.15, -0.1) is 0 Å². The topological polar surface area (TPSA) is 29.3 Å². The highest BCUT2D eigenvalue weighted by Gasteiger charge is 2.41. The molecule has 1 aliphatic heterocycles. The first-order chi connectivity index (χ1) is 5.90. The van der Waals surface area contributed by atoms with E-state index in [4.69, 9.17) is 5.73 Å². The van der Waals surface area contributed by atoms with Crippen molar-refractivity contribution in [1.29, 1.82) is 0 Å². The van der Waals surface area contributed by atoms with Crippen LogP contribution in [-0.2, 0) is 0 Å². The highest BCUT2D eigenvalue weighted by molar-refractivity contribution is 4.97. The van der Waals surface area contributed by atoms with Gasteiger partial charge in [0.1, 0.15) is 0 Å². The Morgan fingerprint density at radius 2 is 2.00 bits per heavy atom. The lowest BCUT2D eigenvalue weighted by Crippen LogP contribution is -2.52. The molecule has 78 valence electrons. The van der Waals surface area contributed by atoms with Crippen molar-refractivity contribution in [2.24, 2.45) is 5.73 Å². The van der Waals surface area contributed by atoms with Crippen molar-refractivity contribution in [2.45, 2.75) is 58.0 Å². The van der Waals surface area contributed by atoms with Crippen LogP contribution in [0.25, 0.3) is 0 Å². The molecule has 1 unspecified atom stereocenters. The zero-order valence-corrected chi connectivity index (χ0v) is 9.56. The molecule has 13 heavy (non-hydrogen) atoms. The van der Waals surface area contributed by atoms with Gasteiger partial charge < -0.3 is 5.73 Å². The molecule has 0 amide bonds. The van der Waals surface area contributed by atoms with E-state index in [1.165, 1.54) is 19.4 Å². The van der Waals surface area contributed by atoms with E-state index in [0.717, 1.165) is 13.0 Å². The lowest BCUT2D eigenvalue weighted by Gasteiger charge is -2.44. The summed E-state index contributed by atoms with van der Waals surface area (Å²) in [5.74, 6) is 0. The van der Waals surface area contributed by atoms with Gasteiger partial charge in [-0.1, -0.05) is 0 Å². The summed E-state index contributed by atoms with van der Waals surface area (Å²) in [6.07, 6.45) is 3.76. The third kappa shape index (κ3) is 2.23. The molecule has 0 radical (unpaired) electrons. The van der Waals surface area contributed by atoms with Gasteiger partial charge in [0.05, 0.1) is 0 Å². The van der Waals surface area contributed by atoms with Crippen molar-refractivity contribution < 1.29 is 0 Å². The van der Waals surface area contributed by atoms with Gasteiger partial charge in [-0.2, -0.15) is 0 Å². The van der Waals surface area contributed by atoms with Crippen LogP contribution in [0.1, 0.15) is 47.0 Å². The SMILES string of the molecule is CC(C)(C)N1CCCC1(C)CCN. The van der Waals surface area contributed by atoms with Crippen molar-refractivity contribution in [3.8, 4) is 0 Å². The fourth-order valence-electron chi connectivity index (χ4n) is 2.74. The molecule has 0 aromatic heterocycles. The van der Waals surface area contributed by atoms with E-state index in [1.54, 1.807) is 0 Å². The van der Waals surface area contributed by atoms with Gasteiger partial charge in [-0.3, -0.25) is 4.90 Å². The van der Waals surface area contributed by atoms with Crippen LogP contribution >= 0.6 is 0 Å². The Labute approximate surface area is 82.5 Å². The Kier molecular flexibility index (Phi) is 3.03. The minimum absolute atomic E-state index is 0.292. The molecule has 0 saturated carbocycles. The van der Waals surface area contributed by atoms with E-state index in [1.807, 2.05) is 0 Å². The van der Waals surface area contributed by atoms with E-state index in [2.05, 4.69) is 32.6 Å². The smallest absolute Gasteiger partial charge is 0.0199 e. The first-order valence-electron chi connectivity index (χ1n) is 5.38. The molecule has 0 aliphatic carbocycles. The zero-order chi connectivity index (χ0) is 10.1. The lowest BCUT2D eigenvalue weighted by molar-refractivity contribution is 0.0512. The van der Waals surface area contributed by atoms with Crippen molar-refractivity contribution in [1.82, 2.24) is 4.90 Å². The number of hydrogen-bond donors (Lipinski definition) is 1. The van der Waals surface area contributed by atoms with Crippen LogP contribution in [0.5, 0.6) is 0 Å². The Hall–Kier alpha value is -0.0800. The van der Waals surface area contributed by atoms with Crippen molar-refractivity contribution in [3.05, 3.63) is 0 Å². The number of likely N-dealkylation sites (tertiary alicyclic amines) is 1. The molecule has 1 atom stereocenters. The van der Waals surface area contributed by atoms with Crippen molar-refractivity contribution in [2.75, 3.05) is 13.1 Å². The largest absolute Gasteiger partial charge is 0.330 e. The van der Waals surface area contributed by atoms with Gasteiger partial charge >= 0.3 is 0 Å². The summed E-state index contributed by atoms with van der Waals surface area (Å²) in [5.41, 5.74) is 6.32. The Morgan fingerprint density at radius 1 is 1.38 bits per heavy atom. The normalized spacial score (nSPS) is 31.2. The summed E-state index contributed by atoms with van der Waals surface area (Å²) in [6.45, 7) is 11.3. The van der Waals surface area contributed by atoms with Gasteiger partial charge in [0.15, 0.2) is 0 Å². The molecule has 0 spiro atoms. The first-order valence-corrected chi connectivity index (χ1v) is 5.38. The van der Waals surface area contributed by atoms with Crippen molar-refractivity contribution >= 4 is 0 Å². The molecule has 1 aliphatic rings. The van der Waals surface area contributed by atoms with Gasteiger partial charge in [0, 0.05) is 11.1 Å². The molecule has 2 N–H and O–H groups in total. The standard InChI is InChI=1S/C11H24N2/c1-10(2,3)13-9-5-6-11(13,4)7-8-12/h5-9,12H2,1-4H3. The fourth-order valence-corrected chi connectivity index (χ4v) is 2.74. The van der Waals surface area contributed by atoms with Gasteiger partial charge in [0.25, 0.3) is 0 Å². The highest BCUT2D eigenvalue weighted by Crippen LogP contribution is 2.36. The van der Waals surface area contributed by atoms with Crippen LogP contribution in [0.2, 0.25) is 0 Å². The molecule has 0 bridgehead atoms. The fraction of sp³-hybridized carbons (Fsp3) is 1.00. The van der Waals surface area contributed by atoms with Gasteiger partial charge in [0.2, 0.25) is 0 Å². The molecular weight excluding hydrogens is 160 g/mol. The molecule has 2 nitrogen and oxygen atoms in total. The minimum Gasteiger partial charge on any atom is -0.330 e. The maximum Gasteiger partial charge on any atom is 0.0199 e. The quantitative estimate of drug-likeness (QED) is 0.711. The van der Waals surface area contributed by atoms with Gasteiger partial charge in [-0.05, 0) is 60.0 Å². The lowest BCUT2D eigenvalue weighted by atomic mass is 9.90. The Balaban J connectivity index is 2.73. The van der Waals surface area contributed by atoms with Crippen LogP contribution in [0.3, 0.4) is 0 Å². The van der Waals surface area contributed by atoms with Crippen molar-refractivity contribution in [3.63, 3.8) is 0 Å². The Morgan fingerprint density at radius 3 is 2.46 bits per heavy atom. The second-order valence-corrected chi connectivity index (χ2v) is 5.46. The molecule has 1 fully saturated rings. The second kappa shape index (κ2) is 3.58. The number of rotatable bonds is 2. The summed E-state index contributed by atoms with van der Waals surface area (Å²) in [4.78, 5) is 2.62. The maximum atomic E-state index is 5.67. The summed E-state index contributed by atoms with van der Waals surface area (Å²) < 4.78 is 0. The van der Waals surface area contributed by atoms with Gasteiger partial charge in [-0.25, -0.2) is 0 Å². The average Bonchev–Trinajstić information content (AvgIpc) is 2.30. The van der Waals surface area contributed by atoms with Crippen LogP contribution in [-0.4, -0.2) is 29.1 Å². The summed E-state index contributed by atoms with van der Waals surface area (Å²) >= 11 is 0.